The van der Waals surface area contributed by atoms with Crippen molar-refractivity contribution in [3.05, 3.63) is 83.7 Å². The molecule has 2 atom stereocenters. The summed E-state index contributed by atoms with van der Waals surface area (Å²) < 4.78 is 17.8. The maximum Gasteiger partial charge on any atom is 0.213 e. The molecule has 0 bridgehead atoms. The fraction of sp³-hybridized carbons (Fsp3) is 0.217. The SMILES string of the molecule is c1ccc2c(c1)O[C@H](c1ccncc1)N1N=C(c3ccc4c(c3)OCCO4)C[C@H]21. The van der Waals surface area contributed by atoms with Crippen molar-refractivity contribution in [3.8, 4) is 17.2 Å². The van der Waals surface area contributed by atoms with E-state index < -0.39 is 0 Å². The average molecular weight is 385 g/mol. The van der Waals surface area contributed by atoms with Crippen LogP contribution in [0.15, 0.2) is 72.1 Å². The molecule has 0 saturated heterocycles. The van der Waals surface area contributed by atoms with Crippen LogP contribution in [-0.4, -0.2) is 28.9 Å². The third-order valence-corrected chi connectivity index (χ3v) is 5.57. The molecule has 2 aromatic carbocycles. The number of nitrogens with zero attached hydrogens (tertiary/aromatic N) is 3. The van der Waals surface area contributed by atoms with Crippen LogP contribution >= 0.6 is 0 Å². The second-order valence-corrected chi connectivity index (χ2v) is 7.29. The van der Waals surface area contributed by atoms with Gasteiger partial charge in [0.25, 0.3) is 0 Å². The van der Waals surface area contributed by atoms with E-state index in [1.807, 2.05) is 36.4 Å². The van der Waals surface area contributed by atoms with Crippen LogP contribution in [-0.2, 0) is 0 Å². The van der Waals surface area contributed by atoms with E-state index in [0.29, 0.717) is 13.2 Å². The van der Waals surface area contributed by atoms with Crippen LogP contribution in [0.25, 0.3) is 0 Å². The lowest BCUT2D eigenvalue weighted by Gasteiger charge is -2.38. The Morgan fingerprint density at radius 2 is 1.69 bits per heavy atom. The summed E-state index contributed by atoms with van der Waals surface area (Å²) in [5.74, 6) is 2.48. The first-order chi connectivity index (χ1) is 14.4. The minimum absolute atomic E-state index is 0.126. The van der Waals surface area contributed by atoms with E-state index in [1.165, 1.54) is 0 Å². The Kier molecular flexibility index (Phi) is 3.69. The fourth-order valence-electron chi connectivity index (χ4n) is 4.18. The monoisotopic (exact) mass is 385 g/mol. The van der Waals surface area contributed by atoms with E-state index >= 15 is 0 Å². The normalized spacial score (nSPS) is 21.7. The smallest absolute Gasteiger partial charge is 0.213 e. The van der Waals surface area contributed by atoms with Crippen molar-refractivity contribution in [1.82, 2.24) is 9.99 Å². The second-order valence-electron chi connectivity index (χ2n) is 7.29. The molecule has 0 saturated carbocycles. The van der Waals surface area contributed by atoms with Crippen molar-refractivity contribution in [2.24, 2.45) is 5.10 Å². The molecule has 6 nitrogen and oxygen atoms in total. The number of rotatable bonds is 2. The molecule has 6 rings (SSSR count). The van der Waals surface area contributed by atoms with Crippen LogP contribution in [0.5, 0.6) is 17.2 Å². The van der Waals surface area contributed by atoms with Gasteiger partial charge in [-0.1, -0.05) is 18.2 Å². The number of fused-ring (bicyclic) bond motifs is 4. The first-order valence-electron chi connectivity index (χ1n) is 9.78. The van der Waals surface area contributed by atoms with Crippen molar-refractivity contribution in [1.29, 1.82) is 0 Å². The Labute approximate surface area is 168 Å². The van der Waals surface area contributed by atoms with Crippen LogP contribution in [0.4, 0.5) is 0 Å². The maximum atomic E-state index is 6.35. The number of ether oxygens (including phenoxy) is 3. The van der Waals surface area contributed by atoms with Gasteiger partial charge < -0.3 is 14.2 Å². The molecule has 0 amide bonds. The summed E-state index contributed by atoms with van der Waals surface area (Å²) in [6.45, 7) is 1.16. The number of aromatic nitrogens is 1. The molecule has 4 heterocycles. The number of benzene rings is 2. The van der Waals surface area contributed by atoms with Gasteiger partial charge in [-0.2, -0.15) is 5.10 Å². The van der Waals surface area contributed by atoms with E-state index in [2.05, 4.69) is 28.2 Å². The summed E-state index contributed by atoms with van der Waals surface area (Å²) in [6, 6.07) is 18.3. The van der Waals surface area contributed by atoms with Gasteiger partial charge >= 0.3 is 0 Å². The van der Waals surface area contributed by atoms with Gasteiger partial charge in [-0.3, -0.25) is 4.98 Å². The van der Waals surface area contributed by atoms with Crippen LogP contribution in [0.3, 0.4) is 0 Å². The van der Waals surface area contributed by atoms with E-state index in [9.17, 15) is 0 Å². The highest BCUT2D eigenvalue weighted by molar-refractivity contribution is 6.02. The Balaban J connectivity index is 1.42. The number of hydrogen-bond acceptors (Lipinski definition) is 6. The van der Waals surface area contributed by atoms with Gasteiger partial charge in [-0.25, -0.2) is 5.01 Å². The van der Waals surface area contributed by atoms with E-state index in [4.69, 9.17) is 19.3 Å². The van der Waals surface area contributed by atoms with Gasteiger partial charge in [0.1, 0.15) is 19.0 Å². The van der Waals surface area contributed by atoms with Gasteiger partial charge in [-0.05, 0) is 36.4 Å². The Hall–Kier alpha value is -3.54. The van der Waals surface area contributed by atoms with E-state index in [1.54, 1.807) is 12.4 Å². The quantitative estimate of drug-likeness (QED) is 0.665. The minimum Gasteiger partial charge on any atom is -0.486 e. The van der Waals surface area contributed by atoms with E-state index in [-0.39, 0.29) is 12.3 Å². The summed E-state index contributed by atoms with van der Waals surface area (Å²) in [4.78, 5) is 4.14. The van der Waals surface area contributed by atoms with Crippen LogP contribution < -0.4 is 14.2 Å². The van der Waals surface area contributed by atoms with Crippen molar-refractivity contribution >= 4 is 5.71 Å². The molecule has 0 unspecified atom stereocenters. The molecule has 3 aromatic rings. The molecule has 0 aliphatic carbocycles. The van der Waals surface area contributed by atoms with Gasteiger partial charge in [0, 0.05) is 35.5 Å². The standard InChI is InChI=1S/C23H19N3O3/c1-2-4-20-17(3-1)19-14-18(16-5-6-21-22(13-16)28-12-11-27-21)25-26(19)23(29-20)15-7-9-24-10-8-15/h1-10,13,19,23H,11-12,14H2/t19-,23-/m1/s1. The molecular formula is C23H19N3O3. The predicted molar refractivity (Wildman–Crippen MR) is 107 cm³/mol. The summed E-state index contributed by atoms with van der Waals surface area (Å²) >= 11 is 0. The lowest BCUT2D eigenvalue weighted by Crippen LogP contribution is -2.33. The Bertz CT molecular complexity index is 1100. The van der Waals surface area contributed by atoms with Crippen molar-refractivity contribution in [3.63, 3.8) is 0 Å². The maximum absolute atomic E-state index is 6.35. The third-order valence-electron chi connectivity index (χ3n) is 5.57. The fourth-order valence-corrected chi connectivity index (χ4v) is 4.18. The molecule has 3 aliphatic rings. The zero-order valence-electron chi connectivity index (χ0n) is 15.7. The third kappa shape index (κ3) is 2.71. The molecule has 6 heteroatoms. The number of pyridine rings is 1. The zero-order valence-corrected chi connectivity index (χ0v) is 15.7. The first-order valence-corrected chi connectivity index (χ1v) is 9.78. The molecule has 3 aliphatic heterocycles. The zero-order chi connectivity index (χ0) is 19.2. The van der Waals surface area contributed by atoms with Crippen LogP contribution in [0.1, 0.15) is 35.4 Å². The molecular weight excluding hydrogens is 366 g/mol. The number of para-hydroxylation sites is 1. The first kappa shape index (κ1) is 16.4. The van der Waals surface area contributed by atoms with E-state index in [0.717, 1.165) is 46.1 Å². The number of hydrazone groups is 1. The predicted octanol–water partition coefficient (Wildman–Crippen LogP) is 4.10. The lowest BCUT2D eigenvalue weighted by atomic mass is 9.96. The lowest BCUT2D eigenvalue weighted by molar-refractivity contribution is -0.0190. The molecule has 0 spiro atoms. The second kappa shape index (κ2) is 6.51. The summed E-state index contributed by atoms with van der Waals surface area (Å²) in [5.41, 5.74) is 4.27. The highest BCUT2D eigenvalue weighted by Gasteiger charge is 2.40. The van der Waals surface area contributed by atoms with Crippen molar-refractivity contribution < 1.29 is 14.2 Å². The van der Waals surface area contributed by atoms with Gasteiger partial charge in [0.15, 0.2) is 11.5 Å². The topological polar surface area (TPSA) is 56.2 Å². The Morgan fingerprint density at radius 1 is 0.862 bits per heavy atom. The average Bonchev–Trinajstić information content (AvgIpc) is 3.25. The molecule has 29 heavy (non-hydrogen) atoms. The molecule has 144 valence electrons. The Morgan fingerprint density at radius 3 is 2.59 bits per heavy atom. The minimum atomic E-state index is -0.285. The largest absolute Gasteiger partial charge is 0.486 e. The number of hydrogen-bond donors (Lipinski definition) is 0. The summed E-state index contributed by atoms with van der Waals surface area (Å²) in [5, 5.41) is 7.07. The molecule has 0 fully saturated rings. The van der Waals surface area contributed by atoms with Gasteiger partial charge in [0.2, 0.25) is 6.23 Å². The van der Waals surface area contributed by atoms with Gasteiger partial charge in [-0.15, -0.1) is 0 Å². The highest BCUT2D eigenvalue weighted by Crippen LogP contribution is 2.47. The highest BCUT2D eigenvalue weighted by atomic mass is 16.6. The van der Waals surface area contributed by atoms with Crippen molar-refractivity contribution in [2.45, 2.75) is 18.7 Å². The van der Waals surface area contributed by atoms with Crippen LogP contribution in [0, 0.1) is 0 Å². The van der Waals surface area contributed by atoms with Crippen molar-refractivity contribution in [2.75, 3.05) is 13.2 Å². The summed E-state index contributed by atoms with van der Waals surface area (Å²) in [6.07, 6.45) is 4.10. The molecule has 0 radical (unpaired) electrons. The molecule has 0 N–H and O–H groups in total. The molecule has 1 aromatic heterocycles. The van der Waals surface area contributed by atoms with Gasteiger partial charge in [0.05, 0.1) is 11.8 Å². The van der Waals surface area contributed by atoms with Crippen LogP contribution in [0.2, 0.25) is 0 Å². The summed E-state index contributed by atoms with van der Waals surface area (Å²) in [7, 11) is 0.